The predicted octanol–water partition coefficient (Wildman–Crippen LogP) is 3.66. The lowest BCUT2D eigenvalue weighted by molar-refractivity contribution is 0.507. The van der Waals surface area contributed by atoms with Gasteiger partial charge in [-0.3, -0.25) is 4.21 Å². The van der Waals surface area contributed by atoms with Gasteiger partial charge in [0.1, 0.15) is 22.9 Å². The quantitative estimate of drug-likeness (QED) is 0.444. The first kappa shape index (κ1) is 20.7. The zero-order chi connectivity index (χ0) is 21.9. The molecular weight excluding hydrogens is 429 g/mol. The molecule has 7 nitrogen and oxygen atoms in total. The predicted molar refractivity (Wildman–Crippen MR) is 124 cm³/mol. The number of hydrogen-bond donors (Lipinski definition) is 2. The van der Waals surface area contributed by atoms with E-state index < -0.39 is 10.8 Å². The van der Waals surface area contributed by atoms with Gasteiger partial charge in [-0.25, -0.2) is 14.4 Å². The van der Waals surface area contributed by atoms with E-state index in [1.807, 2.05) is 35.2 Å². The van der Waals surface area contributed by atoms with Crippen LogP contribution >= 0.6 is 0 Å². The number of pyridine rings is 1. The lowest BCUT2D eigenvalue weighted by Gasteiger charge is -2.28. The van der Waals surface area contributed by atoms with E-state index in [1.165, 1.54) is 0 Å². The Kier molecular flexibility index (Phi) is 5.89. The molecule has 1 saturated heterocycles. The highest BCUT2D eigenvalue weighted by Crippen LogP contribution is 2.24. The van der Waals surface area contributed by atoms with Gasteiger partial charge in [0.15, 0.2) is 5.65 Å². The molecule has 1 fully saturated rings. The van der Waals surface area contributed by atoms with Crippen LogP contribution < -0.4 is 10.2 Å². The monoisotopic (exact) mass is 453 g/mol. The van der Waals surface area contributed by atoms with E-state index in [-0.39, 0.29) is 5.82 Å². The number of H-pyrrole nitrogens is 1. The second kappa shape index (κ2) is 9.12. The third-order valence-electron chi connectivity index (χ3n) is 5.64. The van der Waals surface area contributed by atoms with Crippen molar-refractivity contribution in [1.82, 2.24) is 15.0 Å². The minimum Gasteiger partial charge on any atom is -0.469 e. The second-order valence-electron chi connectivity index (χ2n) is 7.79. The number of halogens is 1. The van der Waals surface area contributed by atoms with Crippen molar-refractivity contribution >= 4 is 33.3 Å². The Morgan fingerprint density at radius 1 is 1.19 bits per heavy atom. The van der Waals surface area contributed by atoms with Gasteiger partial charge in [-0.15, -0.1) is 0 Å². The number of aromatic nitrogens is 3. The summed E-state index contributed by atoms with van der Waals surface area (Å²) in [5.41, 5.74) is 3.77. The number of nitrogens with zero attached hydrogens (tertiary/aromatic N) is 3. The van der Waals surface area contributed by atoms with Crippen LogP contribution in [0.2, 0.25) is 0 Å². The van der Waals surface area contributed by atoms with Crippen LogP contribution in [0.1, 0.15) is 17.1 Å². The smallest absolute Gasteiger partial charge is 0.179 e. The number of benzene rings is 1. The van der Waals surface area contributed by atoms with E-state index in [1.54, 1.807) is 18.5 Å². The third-order valence-corrected chi connectivity index (χ3v) is 6.92. The van der Waals surface area contributed by atoms with Gasteiger partial charge in [-0.1, -0.05) is 6.07 Å². The average molecular weight is 454 g/mol. The largest absolute Gasteiger partial charge is 0.469 e. The van der Waals surface area contributed by atoms with Crippen LogP contribution in [0, 0.1) is 5.82 Å². The topological polar surface area (TPSA) is 87.1 Å². The van der Waals surface area contributed by atoms with Gasteiger partial charge in [0.2, 0.25) is 0 Å². The fraction of sp³-hybridized carbons (Fsp3) is 0.304. The molecule has 166 valence electrons. The van der Waals surface area contributed by atoms with Gasteiger partial charge in [-0.2, -0.15) is 0 Å². The maximum atomic E-state index is 14.7. The third kappa shape index (κ3) is 4.52. The van der Waals surface area contributed by atoms with Crippen molar-refractivity contribution < 1.29 is 13.0 Å². The first-order valence-corrected chi connectivity index (χ1v) is 12.1. The Balaban J connectivity index is 1.26. The molecule has 0 atom stereocenters. The summed E-state index contributed by atoms with van der Waals surface area (Å²) in [7, 11) is -0.781. The van der Waals surface area contributed by atoms with Crippen molar-refractivity contribution in [2.45, 2.75) is 19.4 Å². The molecule has 32 heavy (non-hydrogen) atoms. The van der Waals surface area contributed by atoms with Crippen molar-refractivity contribution in [3.8, 4) is 0 Å². The number of aromatic amines is 1. The van der Waals surface area contributed by atoms with Crippen LogP contribution in [0.25, 0.3) is 11.2 Å². The molecule has 2 N–H and O–H groups in total. The summed E-state index contributed by atoms with van der Waals surface area (Å²) in [5, 5.41) is 3.37. The number of furan rings is 1. The van der Waals surface area contributed by atoms with Crippen LogP contribution in [0.5, 0.6) is 0 Å². The molecule has 1 aliphatic rings. The Morgan fingerprint density at radius 2 is 2.06 bits per heavy atom. The minimum atomic E-state index is -0.781. The molecule has 0 saturated carbocycles. The van der Waals surface area contributed by atoms with Crippen molar-refractivity contribution in [1.29, 1.82) is 0 Å². The van der Waals surface area contributed by atoms with Crippen LogP contribution in [-0.2, 0) is 30.2 Å². The molecule has 9 heteroatoms. The highest BCUT2D eigenvalue weighted by Gasteiger charge is 2.18. The maximum absolute atomic E-state index is 14.7. The number of aryl methyl sites for hydroxylation is 2. The Morgan fingerprint density at radius 3 is 2.84 bits per heavy atom. The van der Waals surface area contributed by atoms with E-state index in [4.69, 9.17) is 4.42 Å². The van der Waals surface area contributed by atoms with Crippen LogP contribution in [-0.4, -0.2) is 43.8 Å². The zero-order valence-electron chi connectivity index (χ0n) is 17.5. The lowest BCUT2D eigenvalue weighted by Crippen LogP contribution is -2.38. The number of imidazole rings is 1. The second-order valence-corrected chi connectivity index (χ2v) is 9.49. The van der Waals surface area contributed by atoms with Crippen molar-refractivity contribution in [3.63, 3.8) is 0 Å². The molecule has 0 amide bonds. The highest BCUT2D eigenvalue weighted by molar-refractivity contribution is 7.85. The SMILES string of the molecule is O=S1CCN(c2ccc(CNc3ccnc4nc(CCc5ccco5)[nH]c34)cc2F)CC1. The van der Waals surface area contributed by atoms with Crippen LogP contribution in [0.15, 0.2) is 53.3 Å². The molecule has 0 spiro atoms. The van der Waals surface area contributed by atoms with Gasteiger partial charge in [-0.05, 0) is 35.9 Å². The highest BCUT2D eigenvalue weighted by atomic mass is 32.2. The number of anilines is 2. The molecule has 0 unspecified atom stereocenters. The molecule has 4 aromatic rings. The molecular formula is C23H24FN5O2S. The van der Waals surface area contributed by atoms with Crippen molar-refractivity contribution in [3.05, 3.63) is 71.8 Å². The molecule has 5 rings (SSSR count). The van der Waals surface area contributed by atoms with Crippen molar-refractivity contribution in [2.24, 2.45) is 0 Å². The van der Waals surface area contributed by atoms with Crippen molar-refractivity contribution in [2.75, 3.05) is 34.8 Å². The molecule has 0 radical (unpaired) electrons. The fourth-order valence-electron chi connectivity index (χ4n) is 3.91. The average Bonchev–Trinajstić information content (AvgIpc) is 3.47. The first-order chi connectivity index (χ1) is 15.7. The maximum Gasteiger partial charge on any atom is 0.179 e. The van der Waals surface area contributed by atoms with Gasteiger partial charge >= 0.3 is 0 Å². The zero-order valence-corrected chi connectivity index (χ0v) is 18.3. The molecule has 0 bridgehead atoms. The van der Waals surface area contributed by atoms with E-state index in [9.17, 15) is 8.60 Å². The summed E-state index contributed by atoms with van der Waals surface area (Å²) in [6.45, 7) is 1.72. The molecule has 4 heterocycles. The summed E-state index contributed by atoms with van der Waals surface area (Å²) in [5.74, 6) is 2.69. The Bertz CT molecular complexity index is 1230. The number of hydrogen-bond acceptors (Lipinski definition) is 6. The Labute approximate surface area is 187 Å². The van der Waals surface area contributed by atoms with Crippen LogP contribution in [0.4, 0.5) is 15.8 Å². The Hall–Kier alpha value is -3.20. The number of fused-ring (bicyclic) bond motifs is 1. The summed E-state index contributed by atoms with van der Waals surface area (Å²) in [6.07, 6.45) is 4.86. The fourth-order valence-corrected chi connectivity index (χ4v) is 4.97. The van der Waals surface area contributed by atoms with Gasteiger partial charge < -0.3 is 19.6 Å². The molecule has 1 aliphatic heterocycles. The van der Waals surface area contributed by atoms with E-state index in [0.717, 1.165) is 41.2 Å². The summed E-state index contributed by atoms with van der Waals surface area (Å²) >= 11 is 0. The summed E-state index contributed by atoms with van der Waals surface area (Å²) in [4.78, 5) is 14.2. The van der Waals surface area contributed by atoms with Gasteiger partial charge in [0, 0.05) is 61.0 Å². The van der Waals surface area contributed by atoms with Crippen LogP contribution in [0.3, 0.4) is 0 Å². The number of rotatable bonds is 7. The molecule has 3 aromatic heterocycles. The molecule has 0 aliphatic carbocycles. The normalized spacial score (nSPS) is 14.8. The summed E-state index contributed by atoms with van der Waals surface area (Å²) in [6, 6.07) is 11.0. The summed E-state index contributed by atoms with van der Waals surface area (Å²) < 4.78 is 31.7. The van der Waals surface area contributed by atoms with E-state index >= 15 is 0 Å². The van der Waals surface area contributed by atoms with E-state index in [2.05, 4.69) is 20.3 Å². The van der Waals surface area contributed by atoms with Gasteiger partial charge in [0.05, 0.1) is 17.6 Å². The number of nitrogens with one attached hydrogen (secondary N) is 2. The standard InChI is InChI=1S/C23H24FN5O2S/c24-18-14-16(3-5-20(18)29-9-12-32(30)13-10-29)15-26-19-7-8-25-23-22(19)27-21(28-23)6-4-17-2-1-11-31-17/h1-3,5,7-8,11,14H,4,6,9-10,12-13,15H2,(H2,25,26,27,28). The minimum absolute atomic E-state index is 0.251. The lowest BCUT2D eigenvalue weighted by atomic mass is 10.1. The molecule has 1 aromatic carbocycles. The van der Waals surface area contributed by atoms with E-state index in [0.29, 0.717) is 42.5 Å². The first-order valence-electron chi connectivity index (χ1n) is 10.6. The van der Waals surface area contributed by atoms with Gasteiger partial charge in [0.25, 0.3) is 0 Å².